The lowest BCUT2D eigenvalue weighted by atomic mass is 10.2. The highest BCUT2D eigenvalue weighted by Gasteiger charge is 2.04. The molecule has 0 aliphatic heterocycles. The summed E-state index contributed by atoms with van der Waals surface area (Å²) >= 11 is 5.18. The van der Waals surface area contributed by atoms with Crippen molar-refractivity contribution in [2.75, 3.05) is 18.4 Å². The lowest BCUT2D eigenvalue weighted by Crippen LogP contribution is -2.36. The topological polar surface area (TPSA) is 53.2 Å². The van der Waals surface area contributed by atoms with Gasteiger partial charge in [-0.3, -0.25) is 4.79 Å². The van der Waals surface area contributed by atoms with Crippen molar-refractivity contribution in [1.29, 1.82) is 0 Å². The van der Waals surface area contributed by atoms with Crippen LogP contribution in [0.25, 0.3) is 0 Å². The van der Waals surface area contributed by atoms with Gasteiger partial charge in [-0.15, -0.1) is 0 Å². The number of benzene rings is 2. The Labute approximate surface area is 140 Å². The fourth-order valence-electron chi connectivity index (χ4n) is 1.87. The SMILES string of the molecule is Cc1ccc(NC(=S)NCCNC(=O)c2ccc(F)cc2)cc1. The van der Waals surface area contributed by atoms with Gasteiger partial charge in [0.2, 0.25) is 0 Å². The van der Waals surface area contributed by atoms with Crippen LogP contribution in [-0.4, -0.2) is 24.1 Å². The van der Waals surface area contributed by atoms with Gasteiger partial charge < -0.3 is 16.0 Å². The Balaban J connectivity index is 1.68. The molecule has 0 aliphatic rings. The van der Waals surface area contributed by atoms with E-state index in [2.05, 4.69) is 16.0 Å². The van der Waals surface area contributed by atoms with Crippen LogP contribution >= 0.6 is 12.2 Å². The van der Waals surface area contributed by atoms with E-state index in [1.165, 1.54) is 29.8 Å². The molecule has 120 valence electrons. The number of carbonyl (C=O) groups excluding carboxylic acids is 1. The highest BCUT2D eigenvalue weighted by Crippen LogP contribution is 2.08. The molecule has 1 amide bonds. The van der Waals surface area contributed by atoms with E-state index in [9.17, 15) is 9.18 Å². The molecule has 0 heterocycles. The molecule has 0 bridgehead atoms. The Morgan fingerprint density at radius 3 is 2.26 bits per heavy atom. The molecule has 2 aromatic carbocycles. The number of halogens is 1. The molecule has 0 aromatic heterocycles. The number of carbonyl (C=O) groups is 1. The molecule has 0 radical (unpaired) electrons. The maximum Gasteiger partial charge on any atom is 0.251 e. The van der Waals surface area contributed by atoms with Crippen LogP contribution in [-0.2, 0) is 0 Å². The second kappa shape index (κ2) is 8.24. The van der Waals surface area contributed by atoms with E-state index in [4.69, 9.17) is 12.2 Å². The van der Waals surface area contributed by atoms with Crippen LogP contribution in [0.4, 0.5) is 10.1 Å². The summed E-state index contributed by atoms with van der Waals surface area (Å²) in [6.45, 7) is 2.92. The summed E-state index contributed by atoms with van der Waals surface area (Å²) in [7, 11) is 0. The molecule has 0 saturated heterocycles. The lowest BCUT2D eigenvalue weighted by molar-refractivity contribution is 0.0954. The highest BCUT2D eigenvalue weighted by atomic mass is 32.1. The number of amides is 1. The van der Waals surface area contributed by atoms with E-state index in [-0.39, 0.29) is 11.7 Å². The van der Waals surface area contributed by atoms with Gasteiger partial charge in [0, 0.05) is 24.3 Å². The van der Waals surface area contributed by atoms with Gasteiger partial charge in [-0.25, -0.2) is 4.39 Å². The maximum absolute atomic E-state index is 12.8. The van der Waals surface area contributed by atoms with Crippen LogP contribution in [0.5, 0.6) is 0 Å². The monoisotopic (exact) mass is 331 g/mol. The summed E-state index contributed by atoms with van der Waals surface area (Å²) in [4.78, 5) is 11.8. The minimum atomic E-state index is -0.365. The number of thiocarbonyl (C=S) groups is 1. The Kier molecular flexibility index (Phi) is 6.05. The first-order valence-electron chi connectivity index (χ1n) is 7.20. The largest absolute Gasteiger partial charge is 0.361 e. The average Bonchev–Trinajstić information content (AvgIpc) is 2.54. The molecule has 3 N–H and O–H groups in total. The van der Waals surface area contributed by atoms with Crippen molar-refractivity contribution in [3.63, 3.8) is 0 Å². The third-order valence-corrected chi connectivity index (χ3v) is 3.36. The quantitative estimate of drug-likeness (QED) is 0.582. The van der Waals surface area contributed by atoms with Crippen molar-refractivity contribution in [3.8, 4) is 0 Å². The van der Waals surface area contributed by atoms with Gasteiger partial charge in [0.1, 0.15) is 5.82 Å². The van der Waals surface area contributed by atoms with Crippen molar-refractivity contribution >= 4 is 28.9 Å². The molecule has 0 atom stereocenters. The van der Waals surface area contributed by atoms with E-state index < -0.39 is 0 Å². The van der Waals surface area contributed by atoms with Crippen LogP contribution < -0.4 is 16.0 Å². The zero-order valence-electron chi connectivity index (χ0n) is 12.7. The number of anilines is 1. The molecule has 0 spiro atoms. The number of aryl methyl sites for hydroxylation is 1. The standard InChI is InChI=1S/C17H18FN3OS/c1-12-2-8-15(9-3-12)21-17(23)20-11-10-19-16(22)13-4-6-14(18)7-5-13/h2-9H,10-11H2,1H3,(H,19,22)(H2,20,21,23). The van der Waals surface area contributed by atoms with Gasteiger partial charge in [-0.1, -0.05) is 17.7 Å². The summed E-state index contributed by atoms with van der Waals surface area (Å²) < 4.78 is 12.8. The molecule has 2 aromatic rings. The molecule has 2 rings (SSSR count). The fourth-order valence-corrected chi connectivity index (χ4v) is 2.09. The van der Waals surface area contributed by atoms with Crippen LogP contribution in [0.3, 0.4) is 0 Å². The number of rotatable bonds is 5. The Morgan fingerprint density at radius 2 is 1.61 bits per heavy atom. The summed E-state index contributed by atoms with van der Waals surface area (Å²) in [5.41, 5.74) is 2.51. The second-order valence-corrected chi connectivity index (χ2v) is 5.42. The van der Waals surface area contributed by atoms with E-state index >= 15 is 0 Å². The summed E-state index contributed by atoms with van der Waals surface area (Å²) in [6.07, 6.45) is 0. The van der Waals surface area contributed by atoms with Crippen molar-refractivity contribution in [3.05, 3.63) is 65.5 Å². The van der Waals surface area contributed by atoms with E-state index in [1.54, 1.807) is 0 Å². The van der Waals surface area contributed by atoms with Gasteiger partial charge in [-0.05, 0) is 55.5 Å². The van der Waals surface area contributed by atoms with Crippen LogP contribution in [0, 0.1) is 12.7 Å². The first-order chi connectivity index (χ1) is 11.0. The Morgan fingerprint density at radius 1 is 1.00 bits per heavy atom. The van der Waals surface area contributed by atoms with Crippen molar-refractivity contribution in [2.24, 2.45) is 0 Å². The van der Waals surface area contributed by atoms with Crippen molar-refractivity contribution in [1.82, 2.24) is 10.6 Å². The van der Waals surface area contributed by atoms with Crippen molar-refractivity contribution in [2.45, 2.75) is 6.92 Å². The zero-order valence-corrected chi connectivity index (χ0v) is 13.5. The van der Waals surface area contributed by atoms with E-state index in [1.807, 2.05) is 31.2 Å². The molecule has 0 fully saturated rings. The highest BCUT2D eigenvalue weighted by molar-refractivity contribution is 7.80. The summed E-state index contributed by atoms with van der Waals surface area (Å²) in [5.74, 6) is -0.611. The molecule has 0 aliphatic carbocycles. The summed E-state index contributed by atoms with van der Waals surface area (Å²) in [5, 5.41) is 9.29. The van der Waals surface area contributed by atoms with Crippen molar-refractivity contribution < 1.29 is 9.18 Å². The number of nitrogens with one attached hydrogen (secondary N) is 3. The van der Waals surface area contributed by atoms with Gasteiger partial charge >= 0.3 is 0 Å². The van der Waals surface area contributed by atoms with Crippen LogP contribution in [0.1, 0.15) is 15.9 Å². The molecular weight excluding hydrogens is 313 g/mol. The lowest BCUT2D eigenvalue weighted by Gasteiger charge is -2.11. The molecular formula is C17H18FN3OS. The molecule has 0 unspecified atom stereocenters. The number of hydrogen-bond donors (Lipinski definition) is 3. The molecule has 4 nitrogen and oxygen atoms in total. The van der Waals surface area contributed by atoms with E-state index in [0.717, 1.165) is 5.69 Å². The molecule has 6 heteroatoms. The predicted molar refractivity (Wildman–Crippen MR) is 94.1 cm³/mol. The van der Waals surface area contributed by atoms with Gasteiger partial charge in [0.15, 0.2) is 5.11 Å². The third-order valence-electron chi connectivity index (χ3n) is 3.11. The first kappa shape index (κ1) is 16.9. The minimum absolute atomic E-state index is 0.246. The van der Waals surface area contributed by atoms with E-state index in [0.29, 0.717) is 23.8 Å². The smallest absolute Gasteiger partial charge is 0.251 e. The van der Waals surface area contributed by atoms with Gasteiger partial charge in [0.25, 0.3) is 5.91 Å². The maximum atomic E-state index is 12.8. The van der Waals surface area contributed by atoms with Gasteiger partial charge in [0.05, 0.1) is 0 Å². The first-order valence-corrected chi connectivity index (χ1v) is 7.61. The number of hydrogen-bond acceptors (Lipinski definition) is 2. The molecule has 0 saturated carbocycles. The Bertz CT molecular complexity index is 671. The average molecular weight is 331 g/mol. The second-order valence-electron chi connectivity index (χ2n) is 5.01. The zero-order chi connectivity index (χ0) is 16.7. The Hall–Kier alpha value is -2.47. The fraction of sp³-hybridized carbons (Fsp3) is 0.176. The van der Waals surface area contributed by atoms with Crippen LogP contribution in [0.15, 0.2) is 48.5 Å². The third kappa shape index (κ3) is 5.67. The van der Waals surface area contributed by atoms with Crippen LogP contribution in [0.2, 0.25) is 0 Å². The molecule has 23 heavy (non-hydrogen) atoms. The minimum Gasteiger partial charge on any atom is -0.361 e. The van der Waals surface area contributed by atoms with Gasteiger partial charge in [-0.2, -0.15) is 0 Å². The summed E-state index contributed by atoms with van der Waals surface area (Å²) in [6, 6.07) is 13.3. The predicted octanol–water partition coefficient (Wildman–Crippen LogP) is 2.85. The normalized spacial score (nSPS) is 10.0.